The quantitative estimate of drug-likeness (QED) is 0.365. The van der Waals surface area contributed by atoms with Gasteiger partial charge in [0.05, 0.1) is 0 Å². The Morgan fingerprint density at radius 3 is 1.00 bits per heavy atom. The second-order valence-electron chi connectivity index (χ2n) is 0.408. The molecule has 0 radical (unpaired) electrons. The van der Waals surface area contributed by atoms with Gasteiger partial charge in [-0.25, -0.2) is 0 Å². The van der Waals surface area contributed by atoms with E-state index in [0.29, 0.717) is 0 Å². The summed E-state index contributed by atoms with van der Waals surface area (Å²) in [6.45, 7) is 0. The van der Waals surface area contributed by atoms with E-state index in [0.717, 1.165) is 0 Å². The SMILES string of the molecule is O.O.O.O=S([O-])([O-])=S.[Na+].[Na+]. The summed E-state index contributed by atoms with van der Waals surface area (Å²) in [4.78, 5) is 0. The zero-order valence-electron chi connectivity index (χ0n) is 5.54. The van der Waals surface area contributed by atoms with Crippen molar-refractivity contribution in [2.24, 2.45) is 0 Å². The molecular weight excluding hydrogens is 206 g/mol. The molecular formula is H6Na2O6S2. The summed E-state index contributed by atoms with van der Waals surface area (Å²) in [6.07, 6.45) is 0. The molecule has 0 aliphatic heterocycles. The normalized spacial score (nSPS) is 5.80. The van der Waals surface area contributed by atoms with E-state index in [-0.39, 0.29) is 75.5 Å². The van der Waals surface area contributed by atoms with E-state index in [1.807, 2.05) is 0 Å². The van der Waals surface area contributed by atoms with Gasteiger partial charge < -0.3 is 25.5 Å². The van der Waals surface area contributed by atoms with Crippen molar-refractivity contribution in [3.63, 3.8) is 0 Å². The minimum absolute atomic E-state index is 0. The van der Waals surface area contributed by atoms with Crippen LogP contribution in [0.2, 0.25) is 0 Å². The van der Waals surface area contributed by atoms with Crippen molar-refractivity contribution < 1.29 is 88.9 Å². The minimum Gasteiger partial charge on any atom is -0.780 e. The van der Waals surface area contributed by atoms with Crippen molar-refractivity contribution >= 4 is 20.2 Å². The van der Waals surface area contributed by atoms with E-state index in [4.69, 9.17) is 13.3 Å². The summed E-state index contributed by atoms with van der Waals surface area (Å²) in [6, 6.07) is 0. The van der Waals surface area contributed by atoms with Gasteiger partial charge in [-0.1, -0.05) is 0 Å². The fourth-order valence-corrected chi connectivity index (χ4v) is 0. The summed E-state index contributed by atoms with van der Waals surface area (Å²) >= 11 is 3.24. The first-order valence-corrected chi connectivity index (χ1v) is 3.00. The third kappa shape index (κ3) is 182. The Balaban J connectivity index is -0.00000000800. The monoisotopic (exact) mass is 212 g/mol. The molecule has 10 heavy (non-hydrogen) atoms. The van der Waals surface area contributed by atoms with Crippen LogP contribution in [0, 0.1) is 0 Å². The molecule has 56 valence electrons. The van der Waals surface area contributed by atoms with Crippen molar-refractivity contribution in [2.45, 2.75) is 0 Å². The molecule has 0 aromatic heterocycles. The molecule has 6 nitrogen and oxygen atoms in total. The van der Waals surface area contributed by atoms with Gasteiger partial charge in [0.15, 0.2) is 0 Å². The van der Waals surface area contributed by atoms with E-state index in [9.17, 15) is 0 Å². The fraction of sp³-hybridized carbons (Fsp3) is 0. The van der Waals surface area contributed by atoms with Gasteiger partial charge in [0, 0.05) is 0 Å². The van der Waals surface area contributed by atoms with Gasteiger partial charge in [-0.05, 0) is 11.2 Å². The van der Waals surface area contributed by atoms with Crippen LogP contribution in [-0.2, 0) is 20.2 Å². The molecule has 6 N–H and O–H groups in total. The molecule has 0 aliphatic rings. The number of hydrogen-bond donors (Lipinski definition) is 0. The van der Waals surface area contributed by atoms with Crippen LogP contribution in [0.4, 0.5) is 0 Å². The van der Waals surface area contributed by atoms with Crippen LogP contribution in [0.3, 0.4) is 0 Å². The standard InChI is InChI=1S/2Na.H2O3S2.3H2O/c;;1-5(2,3)4;;;/h;;(H2,1,2,3,4);3*1H2/q2*+1;;;;/p-2. The molecule has 0 bridgehead atoms. The van der Waals surface area contributed by atoms with Crippen LogP contribution < -0.4 is 59.1 Å². The molecule has 0 aromatic carbocycles. The Kier molecular flexibility index (Phi) is 69.0. The average Bonchev–Trinajstić information content (AvgIpc) is 0.722. The summed E-state index contributed by atoms with van der Waals surface area (Å²) in [5.74, 6) is 0. The second-order valence-corrected chi connectivity index (χ2v) is 2.45. The zero-order valence-corrected chi connectivity index (χ0v) is 11.2. The van der Waals surface area contributed by atoms with Gasteiger partial charge in [0.25, 0.3) is 0 Å². The molecule has 0 atom stereocenters. The van der Waals surface area contributed by atoms with Crippen LogP contribution in [0.1, 0.15) is 0 Å². The zero-order chi connectivity index (χ0) is 4.50. The predicted molar refractivity (Wildman–Crippen MR) is 27.9 cm³/mol. The van der Waals surface area contributed by atoms with Gasteiger partial charge >= 0.3 is 59.1 Å². The number of rotatable bonds is 0. The average molecular weight is 212 g/mol. The van der Waals surface area contributed by atoms with Crippen molar-refractivity contribution in [1.82, 2.24) is 0 Å². The largest absolute Gasteiger partial charge is 1.00 e. The molecule has 0 heterocycles. The Labute approximate surface area is 108 Å². The van der Waals surface area contributed by atoms with Crippen molar-refractivity contribution in [1.29, 1.82) is 0 Å². The molecule has 10 heteroatoms. The maximum Gasteiger partial charge on any atom is 1.00 e. The number of hydrogen-bond acceptors (Lipinski definition) is 4. The molecule has 0 saturated carbocycles. The van der Waals surface area contributed by atoms with E-state index < -0.39 is 9.05 Å². The van der Waals surface area contributed by atoms with Crippen LogP contribution in [0.15, 0.2) is 0 Å². The van der Waals surface area contributed by atoms with Crippen molar-refractivity contribution in [3.8, 4) is 0 Å². The first-order valence-electron chi connectivity index (χ1n) is 0.667. The Hall–Kier alpha value is 2.17. The third-order valence-corrected chi connectivity index (χ3v) is 0. The van der Waals surface area contributed by atoms with Crippen LogP contribution in [0.5, 0.6) is 0 Å². The van der Waals surface area contributed by atoms with Gasteiger partial charge in [-0.15, -0.1) is 9.05 Å². The maximum absolute atomic E-state index is 8.89. The topological polar surface area (TPSA) is 158 Å². The van der Waals surface area contributed by atoms with Gasteiger partial charge in [-0.3, -0.25) is 4.21 Å². The summed E-state index contributed by atoms with van der Waals surface area (Å²) < 4.78 is 26.7. The molecule has 0 unspecified atom stereocenters. The Morgan fingerprint density at radius 1 is 1.00 bits per heavy atom. The van der Waals surface area contributed by atoms with Crippen molar-refractivity contribution in [2.75, 3.05) is 0 Å². The Morgan fingerprint density at radius 2 is 1.00 bits per heavy atom. The van der Waals surface area contributed by atoms with E-state index in [1.165, 1.54) is 0 Å². The summed E-state index contributed by atoms with van der Waals surface area (Å²) in [5.41, 5.74) is 0. The smallest absolute Gasteiger partial charge is 0.780 e. The second kappa shape index (κ2) is 17.3. The fourth-order valence-electron chi connectivity index (χ4n) is 0. The maximum atomic E-state index is 8.89. The van der Waals surface area contributed by atoms with Gasteiger partial charge in [0.2, 0.25) is 0 Å². The Bertz CT molecular complexity index is 96.9. The molecule has 0 aliphatic carbocycles. The summed E-state index contributed by atoms with van der Waals surface area (Å²) in [7, 11) is -4.33. The molecule has 0 saturated heterocycles. The molecule has 0 fully saturated rings. The summed E-state index contributed by atoms with van der Waals surface area (Å²) in [5, 5.41) is 0. The predicted octanol–water partition coefficient (Wildman–Crippen LogP) is -9.47. The molecule has 0 amide bonds. The molecule has 0 rings (SSSR count). The first-order chi connectivity index (χ1) is 2.00. The minimum atomic E-state index is -4.33. The van der Waals surface area contributed by atoms with E-state index in [2.05, 4.69) is 11.2 Å². The van der Waals surface area contributed by atoms with E-state index in [1.54, 1.807) is 0 Å². The van der Waals surface area contributed by atoms with Gasteiger partial charge in [0.1, 0.15) is 0 Å². The molecule has 0 spiro atoms. The van der Waals surface area contributed by atoms with Crippen LogP contribution in [-0.4, -0.2) is 29.7 Å². The third-order valence-electron chi connectivity index (χ3n) is 0. The first kappa shape index (κ1) is 39.9. The van der Waals surface area contributed by atoms with Crippen molar-refractivity contribution in [3.05, 3.63) is 0 Å². The van der Waals surface area contributed by atoms with Crippen LogP contribution >= 0.6 is 0 Å². The molecule has 0 aromatic rings. The van der Waals surface area contributed by atoms with E-state index >= 15 is 0 Å². The van der Waals surface area contributed by atoms with Gasteiger partial charge in [-0.2, -0.15) is 0 Å². The van der Waals surface area contributed by atoms with Crippen LogP contribution in [0.25, 0.3) is 0 Å².